The van der Waals surface area contributed by atoms with Gasteiger partial charge in [-0.25, -0.2) is 4.90 Å². The molecule has 0 unspecified atom stereocenters. The van der Waals surface area contributed by atoms with Crippen molar-refractivity contribution in [2.75, 3.05) is 23.9 Å². The summed E-state index contributed by atoms with van der Waals surface area (Å²) < 4.78 is 11.0. The van der Waals surface area contributed by atoms with E-state index in [1.165, 1.54) is 18.4 Å². The van der Waals surface area contributed by atoms with Gasteiger partial charge in [-0.1, -0.05) is 29.8 Å². The highest BCUT2D eigenvalue weighted by atomic mass is 35.5. The minimum absolute atomic E-state index is 0.168. The van der Waals surface area contributed by atoms with Crippen LogP contribution in [-0.4, -0.2) is 25.5 Å². The smallest absolute Gasteiger partial charge is 0.282 e. The first-order valence-electron chi connectivity index (χ1n) is 9.54. The topological polar surface area (TPSA) is 67.9 Å². The molecular weight excluding hydrogens is 436 g/mol. The molecule has 0 bridgehead atoms. The zero-order chi connectivity index (χ0) is 22.0. The lowest BCUT2D eigenvalue weighted by molar-refractivity contribution is -0.120. The van der Waals surface area contributed by atoms with E-state index in [1.807, 2.05) is 30.5 Å². The molecule has 3 aromatic rings. The summed E-state index contributed by atoms with van der Waals surface area (Å²) in [5, 5.41) is 5.38. The quantitative estimate of drug-likeness (QED) is 0.496. The van der Waals surface area contributed by atoms with Crippen LogP contribution >= 0.6 is 22.9 Å². The van der Waals surface area contributed by atoms with Crippen molar-refractivity contribution >= 4 is 51.7 Å². The minimum atomic E-state index is -0.500. The summed E-state index contributed by atoms with van der Waals surface area (Å²) in [6.45, 7) is 2.35. The van der Waals surface area contributed by atoms with E-state index >= 15 is 0 Å². The Bertz CT molecular complexity index is 1170. The van der Waals surface area contributed by atoms with Crippen LogP contribution in [0.3, 0.4) is 0 Å². The van der Waals surface area contributed by atoms with Crippen LogP contribution in [0, 0.1) is 0 Å². The first kappa shape index (κ1) is 21.0. The second-order valence-corrected chi connectivity index (χ2v) is 7.93. The molecule has 1 aliphatic heterocycles. The summed E-state index contributed by atoms with van der Waals surface area (Å²) in [7, 11) is 1.48. The van der Waals surface area contributed by atoms with Crippen LogP contribution in [0.2, 0.25) is 5.02 Å². The number of anilines is 2. The Kier molecular flexibility index (Phi) is 5.97. The molecule has 4 rings (SSSR count). The van der Waals surface area contributed by atoms with E-state index < -0.39 is 11.8 Å². The number of halogens is 1. The van der Waals surface area contributed by atoms with E-state index in [0.717, 1.165) is 4.90 Å². The van der Waals surface area contributed by atoms with Crippen molar-refractivity contribution in [1.29, 1.82) is 0 Å². The average Bonchev–Trinajstić information content (AvgIpc) is 3.36. The number of hydrogen-bond donors (Lipinski definition) is 1. The molecule has 31 heavy (non-hydrogen) atoms. The Morgan fingerprint density at radius 1 is 1.03 bits per heavy atom. The Balaban J connectivity index is 1.83. The number of carbonyl (C=O) groups excluding carboxylic acids is 2. The zero-order valence-electron chi connectivity index (χ0n) is 16.8. The lowest BCUT2D eigenvalue weighted by atomic mass is 10.1. The van der Waals surface area contributed by atoms with E-state index in [1.54, 1.807) is 36.4 Å². The lowest BCUT2D eigenvalue weighted by Gasteiger charge is -2.19. The number of carbonyl (C=O) groups is 2. The predicted molar refractivity (Wildman–Crippen MR) is 123 cm³/mol. The molecule has 0 aliphatic carbocycles. The Morgan fingerprint density at radius 3 is 2.55 bits per heavy atom. The van der Waals surface area contributed by atoms with E-state index in [9.17, 15) is 9.59 Å². The summed E-state index contributed by atoms with van der Waals surface area (Å²) in [4.78, 5) is 28.8. The van der Waals surface area contributed by atoms with Gasteiger partial charge in [0.15, 0.2) is 0 Å². The van der Waals surface area contributed by atoms with E-state index in [4.69, 9.17) is 21.1 Å². The molecule has 1 aromatic heterocycles. The molecule has 0 fully saturated rings. The van der Waals surface area contributed by atoms with Gasteiger partial charge < -0.3 is 14.8 Å². The van der Waals surface area contributed by atoms with Gasteiger partial charge in [0.1, 0.15) is 17.2 Å². The van der Waals surface area contributed by atoms with Gasteiger partial charge in [-0.05, 0) is 48.7 Å². The Labute approximate surface area is 188 Å². The van der Waals surface area contributed by atoms with Crippen LogP contribution < -0.4 is 19.7 Å². The number of hydrogen-bond acceptors (Lipinski definition) is 6. The fourth-order valence-corrected chi connectivity index (χ4v) is 4.27. The molecule has 2 amide bonds. The fourth-order valence-electron chi connectivity index (χ4n) is 3.34. The molecular formula is C23H19ClN2O4S. The largest absolute Gasteiger partial charge is 0.495 e. The van der Waals surface area contributed by atoms with Gasteiger partial charge in [0.25, 0.3) is 11.8 Å². The lowest BCUT2D eigenvalue weighted by Crippen LogP contribution is -2.32. The minimum Gasteiger partial charge on any atom is -0.495 e. The van der Waals surface area contributed by atoms with Gasteiger partial charge in [-0.3, -0.25) is 9.59 Å². The van der Waals surface area contributed by atoms with Gasteiger partial charge in [0.2, 0.25) is 0 Å². The van der Waals surface area contributed by atoms with Crippen molar-refractivity contribution in [3.8, 4) is 11.5 Å². The Morgan fingerprint density at radius 2 is 1.84 bits per heavy atom. The van der Waals surface area contributed by atoms with Crippen molar-refractivity contribution in [3.63, 3.8) is 0 Å². The number of amides is 2. The van der Waals surface area contributed by atoms with E-state index in [2.05, 4.69) is 5.32 Å². The molecule has 0 radical (unpaired) electrons. The fraction of sp³-hybridized carbons (Fsp3) is 0.130. The summed E-state index contributed by atoms with van der Waals surface area (Å²) in [6, 6.07) is 15.7. The highest BCUT2D eigenvalue weighted by molar-refractivity contribution is 7.11. The molecule has 6 nitrogen and oxygen atoms in total. The van der Waals surface area contributed by atoms with Gasteiger partial charge in [0.05, 0.1) is 30.7 Å². The number of nitrogens with one attached hydrogen (secondary N) is 1. The van der Waals surface area contributed by atoms with Crippen LogP contribution in [0.15, 0.2) is 65.7 Å². The SMILES string of the molecule is CCOc1ccccc1NC1=C(c2cccs2)C(=O)N(c2cc(Cl)ccc2OC)C1=O. The Hall–Kier alpha value is -3.29. The first-order chi connectivity index (χ1) is 15.0. The van der Waals surface area contributed by atoms with Crippen LogP contribution in [0.1, 0.15) is 11.8 Å². The standard InChI is InChI=1S/C23H19ClN2O4S/c1-3-30-17-8-5-4-7-15(17)25-21-20(19-9-6-12-31-19)22(27)26(23(21)28)16-13-14(24)10-11-18(16)29-2/h4-13,25H,3H2,1-2H3. The molecule has 8 heteroatoms. The third kappa shape index (κ3) is 3.89. The van der Waals surface area contributed by atoms with Gasteiger partial charge in [0, 0.05) is 9.90 Å². The molecule has 1 N–H and O–H groups in total. The highest BCUT2D eigenvalue weighted by Gasteiger charge is 2.42. The van der Waals surface area contributed by atoms with Crippen LogP contribution in [0.5, 0.6) is 11.5 Å². The van der Waals surface area contributed by atoms with Gasteiger partial charge in [-0.15, -0.1) is 11.3 Å². The van der Waals surface area contributed by atoms with E-state index in [-0.39, 0.29) is 17.0 Å². The monoisotopic (exact) mass is 454 g/mol. The molecule has 158 valence electrons. The summed E-state index contributed by atoms with van der Waals surface area (Å²) >= 11 is 7.54. The van der Waals surface area contributed by atoms with Crippen LogP contribution in [0.25, 0.3) is 5.57 Å². The normalized spacial score (nSPS) is 13.7. The maximum absolute atomic E-state index is 13.5. The number of para-hydroxylation sites is 2. The van der Waals surface area contributed by atoms with Gasteiger partial charge >= 0.3 is 0 Å². The molecule has 2 heterocycles. The van der Waals surface area contributed by atoms with Crippen molar-refractivity contribution in [3.05, 3.63) is 75.6 Å². The first-order valence-corrected chi connectivity index (χ1v) is 10.8. The van der Waals surface area contributed by atoms with Crippen molar-refractivity contribution in [2.24, 2.45) is 0 Å². The molecule has 2 aromatic carbocycles. The van der Waals surface area contributed by atoms with Crippen molar-refractivity contribution in [1.82, 2.24) is 0 Å². The maximum atomic E-state index is 13.5. The maximum Gasteiger partial charge on any atom is 0.282 e. The van der Waals surface area contributed by atoms with Crippen LogP contribution in [-0.2, 0) is 9.59 Å². The van der Waals surface area contributed by atoms with Gasteiger partial charge in [-0.2, -0.15) is 0 Å². The number of benzene rings is 2. The molecule has 0 saturated carbocycles. The zero-order valence-corrected chi connectivity index (χ0v) is 18.4. The second-order valence-electron chi connectivity index (χ2n) is 6.54. The summed E-state index contributed by atoms with van der Waals surface area (Å²) in [5.41, 5.74) is 1.33. The summed E-state index contributed by atoms with van der Waals surface area (Å²) in [6.07, 6.45) is 0. The average molecular weight is 455 g/mol. The number of imide groups is 1. The molecule has 1 aliphatic rings. The van der Waals surface area contributed by atoms with Crippen molar-refractivity contribution in [2.45, 2.75) is 6.92 Å². The molecule has 0 spiro atoms. The van der Waals surface area contributed by atoms with Crippen LogP contribution in [0.4, 0.5) is 11.4 Å². The third-order valence-corrected chi connectivity index (χ3v) is 5.80. The summed E-state index contributed by atoms with van der Waals surface area (Å²) in [5.74, 6) is -0.000614. The number of methoxy groups -OCH3 is 1. The number of ether oxygens (including phenoxy) is 2. The van der Waals surface area contributed by atoms with Crippen molar-refractivity contribution < 1.29 is 19.1 Å². The molecule has 0 atom stereocenters. The third-order valence-electron chi connectivity index (χ3n) is 4.68. The van der Waals surface area contributed by atoms with E-state index in [0.29, 0.717) is 33.7 Å². The predicted octanol–water partition coefficient (Wildman–Crippen LogP) is 5.21. The number of rotatable bonds is 7. The number of thiophene rings is 1. The second kappa shape index (κ2) is 8.83. The highest BCUT2D eigenvalue weighted by Crippen LogP contribution is 2.40. The number of nitrogens with zero attached hydrogens (tertiary/aromatic N) is 1. The molecule has 0 saturated heterocycles.